The molecule has 1 aliphatic rings. The Kier molecular flexibility index (Phi) is 5.66. The number of nitrogens with zero attached hydrogens (tertiary/aromatic N) is 1. The molecular formula is C18H24N2O5. The van der Waals surface area contributed by atoms with Crippen molar-refractivity contribution in [3.63, 3.8) is 0 Å². The summed E-state index contributed by atoms with van der Waals surface area (Å²) in [6, 6.07) is 5.31. The van der Waals surface area contributed by atoms with Gasteiger partial charge in [0.25, 0.3) is 0 Å². The summed E-state index contributed by atoms with van der Waals surface area (Å²) in [7, 11) is 0. The molecule has 1 aromatic carbocycles. The number of benzene rings is 1. The zero-order valence-electron chi connectivity index (χ0n) is 14.7. The Bertz CT molecular complexity index is 648. The van der Waals surface area contributed by atoms with Gasteiger partial charge in [0.05, 0.1) is 5.56 Å². The monoisotopic (exact) mass is 348 g/mol. The number of likely N-dealkylation sites (tertiary alicyclic amines) is 1. The Labute approximate surface area is 147 Å². The number of anilines is 1. The maximum atomic E-state index is 12.6. The van der Waals surface area contributed by atoms with Crippen LogP contribution in [0.15, 0.2) is 24.3 Å². The molecule has 1 fully saturated rings. The first-order chi connectivity index (χ1) is 11.7. The first kappa shape index (κ1) is 18.8. The highest BCUT2D eigenvalue weighted by Gasteiger charge is 2.34. The predicted octanol–water partition coefficient (Wildman–Crippen LogP) is 3.11. The van der Waals surface area contributed by atoms with Crippen LogP contribution in [0.4, 0.5) is 10.5 Å². The predicted molar refractivity (Wildman–Crippen MR) is 92.6 cm³/mol. The van der Waals surface area contributed by atoms with Crippen LogP contribution in [-0.2, 0) is 9.53 Å². The number of carboxylic acid groups (broad SMARTS) is 1. The number of amides is 2. The Morgan fingerprint density at radius 1 is 1.16 bits per heavy atom. The number of piperidine rings is 1. The molecule has 0 aromatic heterocycles. The maximum absolute atomic E-state index is 12.6. The van der Waals surface area contributed by atoms with Crippen molar-refractivity contribution in [3.05, 3.63) is 29.8 Å². The van der Waals surface area contributed by atoms with E-state index in [4.69, 9.17) is 9.84 Å². The van der Waals surface area contributed by atoms with Crippen molar-refractivity contribution in [2.24, 2.45) is 0 Å². The fourth-order valence-electron chi connectivity index (χ4n) is 2.66. The lowest BCUT2D eigenvalue weighted by atomic mass is 10.0. The Balaban J connectivity index is 2.07. The molecule has 0 aliphatic carbocycles. The fraction of sp³-hybridized carbons (Fsp3) is 0.500. The van der Waals surface area contributed by atoms with Gasteiger partial charge in [-0.25, -0.2) is 9.59 Å². The van der Waals surface area contributed by atoms with E-state index in [1.807, 2.05) is 0 Å². The van der Waals surface area contributed by atoms with E-state index in [1.165, 1.54) is 29.2 Å². The van der Waals surface area contributed by atoms with Gasteiger partial charge in [-0.15, -0.1) is 0 Å². The molecule has 1 heterocycles. The summed E-state index contributed by atoms with van der Waals surface area (Å²) in [4.78, 5) is 37.3. The third kappa shape index (κ3) is 5.20. The van der Waals surface area contributed by atoms with Crippen LogP contribution in [0.1, 0.15) is 50.4 Å². The molecule has 0 saturated carbocycles. The SMILES string of the molecule is CC(C)(C)OC(=O)N1CCCC[C@@H]1C(=O)Nc1ccc(C(=O)O)cc1. The van der Waals surface area contributed by atoms with Crippen LogP contribution in [0.2, 0.25) is 0 Å². The second kappa shape index (κ2) is 7.55. The minimum atomic E-state index is -1.03. The van der Waals surface area contributed by atoms with Gasteiger partial charge in [0, 0.05) is 12.2 Å². The highest BCUT2D eigenvalue weighted by Crippen LogP contribution is 2.22. The Morgan fingerprint density at radius 3 is 2.36 bits per heavy atom. The number of carbonyl (C=O) groups is 3. The van der Waals surface area contributed by atoms with E-state index in [1.54, 1.807) is 20.8 Å². The van der Waals surface area contributed by atoms with Crippen LogP contribution in [0.25, 0.3) is 0 Å². The Morgan fingerprint density at radius 2 is 1.80 bits per heavy atom. The van der Waals surface area contributed by atoms with Crippen LogP contribution < -0.4 is 5.32 Å². The molecule has 25 heavy (non-hydrogen) atoms. The first-order valence-corrected chi connectivity index (χ1v) is 8.31. The average Bonchev–Trinajstić information content (AvgIpc) is 2.53. The lowest BCUT2D eigenvalue weighted by molar-refractivity contribution is -0.122. The quantitative estimate of drug-likeness (QED) is 0.875. The van der Waals surface area contributed by atoms with Crippen molar-refractivity contribution in [1.82, 2.24) is 4.90 Å². The van der Waals surface area contributed by atoms with Crippen molar-refractivity contribution >= 4 is 23.7 Å². The zero-order valence-corrected chi connectivity index (χ0v) is 14.7. The summed E-state index contributed by atoms with van der Waals surface area (Å²) in [5.74, 6) is -1.32. The van der Waals surface area contributed by atoms with Crippen molar-refractivity contribution in [2.45, 2.75) is 51.7 Å². The number of rotatable bonds is 3. The first-order valence-electron chi connectivity index (χ1n) is 8.31. The van der Waals surface area contributed by atoms with Gasteiger partial charge in [-0.3, -0.25) is 9.69 Å². The number of ether oxygens (including phenoxy) is 1. The largest absolute Gasteiger partial charge is 0.478 e. The third-order valence-electron chi connectivity index (χ3n) is 3.83. The third-order valence-corrected chi connectivity index (χ3v) is 3.83. The summed E-state index contributed by atoms with van der Waals surface area (Å²) in [6.45, 7) is 5.83. The summed E-state index contributed by atoms with van der Waals surface area (Å²) >= 11 is 0. The molecule has 0 bridgehead atoms. The molecule has 1 aliphatic heterocycles. The molecule has 0 unspecified atom stereocenters. The normalized spacial score (nSPS) is 17.7. The minimum absolute atomic E-state index is 0.144. The lowest BCUT2D eigenvalue weighted by Crippen LogP contribution is -2.51. The van der Waals surface area contributed by atoms with Crippen molar-refractivity contribution < 1.29 is 24.2 Å². The summed E-state index contributed by atoms with van der Waals surface area (Å²) in [5, 5.41) is 11.6. The van der Waals surface area contributed by atoms with Crippen LogP contribution >= 0.6 is 0 Å². The molecule has 2 N–H and O–H groups in total. The van der Waals surface area contributed by atoms with E-state index in [2.05, 4.69) is 5.32 Å². The van der Waals surface area contributed by atoms with Crippen LogP contribution in [-0.4, -0.2) is 46.2 Å². The molecule has 1 saturated heterocycles. The molecule has 0 spiro atoms. The van der Waals surface area contributed by atoms with E-state index in [0.29, 0.717) is 18.7 Å². The van der Waals surface area contributed by atoms with Crippen LogP contribution in [0.5, 0.6) is 0 Å². The van der Waals surface area contributed by atoms with Crippen LogP contribution in [0.3, 0.4) is 0 Å². The van der Waals surface area contributed by atoms with Gasteiger partial charge in [-0.05, 0) is 64.3 Å². The zero-order chi connectivity index (χ0) is 18.6. The van der Waals surface area contributed by atoms with E-state index in [0.717, 1.165) is 12.8 Å². The van der Waals surface area contributed by atoms with Crippen molar-refractivity contribution in [3.8, 4) is 0 Å². The minimum Gasteiger partial charge on any atom is -0.478 e. The highest BCUT2D eigenvalue weighted by atomic mass is 16.6. The maximum Gasteiger partial charge on any atom is 0.410 e. The number of nitrogens with one attached hydrogen (secondary N) is 1. The lowest BCUT2D eigenvalue weighted by Gasteiger charge is -2.35. The number of hydrogen-bond acceptors (Lipinski definition) is 4. The molecule has 1 atom stereocenters. The molecule has 7 heteroatoms. The van der Waals surface area contributed by atoms with Crippen LogP contribution in [0, 0.1) is 0 Å². The number of carbonyl (C=O) groups excluding carboxylic acids is 2. The second-order valence-electron chi connectivity index (χ2n) is 7.06. The van der Waals surface area contributed by atoms with E-state index in [9.17, 15) is 14.4 Å². The van der Waals surface area contributed by atoms with E-state index in [-0.39, 0.29) is 11.5 Å². The summed E-state index contributed by atoms with van der Waals surface area (Å²) in [5.41, 5.74) is 0.0122. The molecule has 2 rings (SSSR count). The van der Waals surface area contributed by atoms with Gasteiger partial charge in [0.2, 0.25) is 5.91 Å². The van der Waals surface area contributed by atoms with Gasteiger partial charge < -0.3 is 15.2 Å². The smallest absolute Gasteiger partial charge is 0.410 e. The molecule has 136 valence electrons. The molecule has 1 aromatic rings. The van der Waals surface area contributed by atoms with Gasteiger partial charge >= 0.3 is 12.1 Å². The van der Waals surface area contributed by atoms with E-state index >= 15 is 0 Å². The fourth-order valence-corrected chi connectivity index (χ4v) is 2.66. The van der Waals surface area contributed by atoms with Gasteiger partial charge in [0.1, 0.15) is 11.6 Å². The molecule has 0 radical (unpaired) electrons. The summed E-state index contributed by atoms with van der Waals surface area (Å²) < 4.78 is 5.39. The number of carboxylic acids is 1. The Hall–Kier alpha value is -2.57. The van der Waals surface area contributed by atoms with E-state index < -0.39 is 23.7 Å². The molecule has 7 nitrogen and oxygen atoms in total. The highest BCUT2D eigenvalue weighted by molar-refractivity contribution is 5.97. The summed E-state index contributed by atoms with van der Waals surface area (Å²) in [6.07, 6.45) is 1.76. The van der Waals surface area contributed by atoms with Gasteiger partial charge in [0.15, 0.2) is 0 Å². The number of hydrogen-bond donors (Lipinski definition) is 2. The standard InChI is InChI=1S/C18H24N2O5/c1-18(2,3)25-17(24)20-11-5-4-6-14(20)15(21)19-13-9-7-12(8-10-13)16(22)23/h7-10,14H,4-6,11H2,1-3H3,(H,19,21)(H,22,23)/t14-/m1/s1. The average molecular weight is 348 g/mol. The number of aromatic carboxylic acids is 1. The van der Waals surface area contributed by atoms with Crippen molar-refractivity contribution in [2.75, 3.05) is 11.9 Å². The molecular weight excluding hydrogens is 324 g/mol. The van der Waals surface area contributed by atoms with Gasteiger partial charge in [-0.1, -0.05) is 0 Å². The van der Waals surface area contributed by atoms with Crippen molar-refractivity contribution in [1.29, 1.82) is 0 Å². The van der Waals surface area contributed by atoms with Gasteiger partial charge in [-0.2, -0.15) is 0 Å². The second-order valence-corrected chi connectivity index (χ2v) is 7.06. The molecule has 2 amide bonds. The topological polar surface area (TPSA) is 95.9 Å².